The second-order valence-corrected chi connectivity index (χ2v) is 6.64. The van der Waals surface area contributed by atoms with Gasteiger partial charge in [-0.3, -0.25) is 0 Å². The van der Waals surface area contributed by atoms with Crippen LogP contribution in [-0.4, -0.2) is 23.4 Å². The molecule has 0 amide bonds. The molecule has 0 aliphatic heterocycles. The number of ether oxygens (including phenoxy) is 2. The topological polar surface area (TPSA) is 84.9 Å². The zero-order chi connectivity index (χ0) is 18.9. The van der Waals surface area contributed by atoms with Crippen LogP contribution < -0.4 is 5.73 Å². The number of unbranched alkanes of at least 4 members (excludes halogenated alkanes) is 1. The standard InChI is InChI=1S/C21H29NO4/c1-15(2)16-5-7-17(8-6-16)20(23)25-13-3-4-14-26-21(24)18-9-11-19(22)12-10-18/h5-12,15,20-21,23-24H,3-4,13-14,22H2,1-2H3. The highest BCUT2D eigenvalue weighted by Crippen LogP contribution is 2.20. The Morgan fingerprint density at radius 2 is 1.12 bits per heavy atom. The lowest BCUT2D eigenvalue weighted by Gasteiger charge is -2.14. The van der Waals surface area contributed by atoms with Crippen LogP contribution in [0.25, 0.3) is 0 Å². The van der Waals surface area contributed by atoms with Gasteiger partial charge in [0.2, 0.25) is 0 Å². The van der Waals surface area contributed by atoms with Gasteiger partial charge in [-0.2, -0.15) is 0 Å². The van der Waals surface area contributed by atoms with Crippen LogP contribution in [0.4, 0.5) is 5.69 Å². The Morgan fingerprint density at radius 1 is 0.731 bits per heavy atom. The monoisotopic (exact) mass is 359 g/mol. The summed E-state index contributed by atoms with van der Waals surface area (Å²) in [6.45, 7) is 5.10. The van der Waals surface area contributed by atoms with Gasteiger partial charge >= 0.3 is 0 Å². The van der Waals surface area contributed by atoms with Crippen molar-refractivity contribution in [2.75, 3.05) is 18.9 Å². The van der Waals surface area contributed by atoms with E-state index in [1.54, 1.807) is 24.3 Å². The average Bonchev–Trinajstić information content (AvgIpc) is 2.64. The summed E-state index contributed by atoms with van der Waals surface area (Å²) < 4.78 is 10.8. The molecular weight excluding hydrogens is 330 g/mol. The molecule has 0 bridgehead atoms. The quantitative estimate of drug-likeness (QED) is 0.340. The van der Waals surface area contributed by atoms with E-state index in [0.29, 0.717) is 30.4 Å². The third kappa shape index (κ3) is 6.42. The molecule has 4 N–H and O–H groups in total. The Bertz CT molecular complexity index is 640. The third-order valence-electron chi connectivity index (χ3n) is 4.20. The predicted octanol–water partition coefficient (Wildman–Crippen LogP) is 3.89. The first-order chi connectivity index (χ1) is 12.5. The van der Waals surface area contributed by atoms with Crippen molar-refractivity contribution in [1.82, 2.24) is 0 Å². The lowest BCUT2D eigenvalue weighted by molar-refractivity contribution is -0.115. The maximum absolute atomic E-state index is 10.1. The second kappa shape index (κ2) is 10.3. The summed E-state index contributed by atoms with van der Waals surface area (Å²) in [4.78, 5) is 0. The molecule has 0 saturated carbocycles. The highest BCUT2D eigenvalue weighted by atomic mass is 16.6. The van der Waals surface area contributed by atoms with E-state index in [1.165, 1.54) is 5.56 Å². The van der Waals surface area contributed by atoms with Crippen molar-refractivity contribution in [3.8, 4) is 0 Å². The molecule has 2 atom stereocenters. The molecule has 0 aliphatic rings. The molecule has 0 aromatic heterocycles. The van der Waals surface area contributed by atoms with Gasteiger partial charge in [0.1, 0.15) is 0 Å². The van der Waals surface area contributed by atoms with Crippen molar-refractivity contribution in [3.05, 3.63) is 65.2 Å². The van der Waals surface area contributed by atoms with Crippen molar-refractivity contribution in [2.24, 2.45) is 0 Å². The zero-order valence-electron chi connectivity index (χ0n) is 15.5. The SMILES string of the molecule is CC(C)c1ccc(C(O)OCCCCOC(O)c2ccc(N)cc2)cc1. The van der Waals surface area contributed by atoms with Crippen LogP contribution in [0.5, 0.6) is 0 Å². The molecule has 5 nitrogen and oxygen atoms in total. The number of hydrogen-bond donors (Lipinski definition) is 3. The Balaban J connectivity index is 1.61. The van der Waals surface area contributed by atoms with Crippen molar-refractivity contribution >= 4 is 5.69 Å². The molecule has 0 radical (unpaired) electrons. The van der Waals surface area contributed by atoms with Crippen LogP contribution >= 0.6 is 0 Å². The first-order valence-corrected chi connectivity index (χ1v) is 9.02. The van der Waals surface area contributed by atoms with E-state index in [2.05, 4.69) is 13.8 Å². The van der Waals surface area contributed by atoms with E-state index in [9.17, 15) is 10.2 Å². The summed E-state index contributed by atoms with van der Waals surface area (Å²) in [6, 6.07) is 14.7. The summed E-state index contributed by atoms with van der Waals surface area (Å²) in [6.07, 6.45) is -0.417. The Kier molecular flexibility index (Phi) is 8.06. The van der Waals surface area contributed by atoms with Crippen LogP contribution in [0.15, 0.2) is 48.5 Å². The summed E-state index contributed by atoms with van der Waals surface area (Å²) >= 11 is 0. The van der Waals surface area contributed by atoms with Gasteiger partial charge in [0.05, 0.1) is 13.2 Å². The maximum Gasteiger partial charge on any atom is 0.181 e. The molecule has 2 unspecified atom stereocenters. The number of nitrogen functional groups attached to an aromatic ring is 1. The van der Waals surface area contributed by atoms with E-state index >= 15 is 0 Å². The fourth-order valence-corrected chi connectivity index (χ4v) is 2.49. The molecule has 0 aliphatic carbocycles. The molecular formula is C21H29NO4. The van der Waals surface area contributed by atoms with E-state index in [1.807, 2.05) is 24.3 Å². The number of hydrogen-bond acceptors (Lipinski definition) is 5. The molecule has 2 rings (SSSR count). The molecule has 0 saturated heterocycles. The number of aliphatic hydroxyl groups is 2. The zero-order valence-corrected chi connectivity index (χ0v) is 15.5. The van der Waals surface area contributed by atoms with Crippen LogP contribution in [0.3, 0.4) is 0 Å². The number of anilines is 1. The van der Waals surface area contributed by atoms with Gasteiger partial charge in [-0.05, 0) is 36.5 Å². The highest BCUT2D eigenvalue weighted by Gasteiger charge is 2.09. The van der Waals surface area contributed by atoms with Crippen LogP contribution in [0.1, 0.15) is 61.9 Å². The number of nitrogens with two attached hydrogens (primary N) is 1. The fraction of sp³-hybridized carbons (Fsp3) is 0.429. The lowest BCUT2D eigenvalue weighted by atomic mass is 10.0. The molecule has 0 fully saturated rings. The molecule has 26 heavy (non-hydrogen) atoms. The van der Waals surface area contributed by atoms with Gasteiger partial charge in [0, 0.05) is 16.8 Å². The molecule has 2 aromatic carbocycles. The normalized spacial score (nSPS) is 13.7. The highest BCUT2D eigenvalue weighted by molar-refractivity contribution is 5.39. The largest absolute Gasteiger partial charge is 0.399 e. The maximum atomic E-state index is 10.1. The Morgan fingerprint density at radius 3 is 1.54 bits per heavy atom. The summed E-state index contributed by atoms with van der Waals surface area (Å²) in [5.74, 6) is 0.464. The summed E-state index contributed by atoms with van der Waals surface area (Å²) in [5.41, 5.74) is 8.93. The minimum absolute atomic E-state index is 0.411. The van der Waals surface area contributed by atoms with Gasteiger partial charge in [-0.15, -0.1) is 0 Å². The molecule has 2 aromatic rings. The smallest absolute Gasteiger partial charge is 0.181 e. The van der Waals surface area contributed by atoms with Crippen molar-refractivity contribution in [3.63, 3.8) is 0 Å². The first-order valence-electron chi connectivity index (χ1n) is 9.02. The number of aliphatic hydroxyl groups excluding tert-OH is 2. The minimum atomic E-state index is -0.957. The van der Waals surface area contributed by atoms with Gasteiger partial charge in [0.15, 0.2) is 12.6 Å². The molecule has 142 valence electrons. The first kappa shape index (κ1) is 20.4. The van der Waals surface area contributed by atoms with Gasteiger partial charge < -0.3 is 25.4 Å². The van der Waals surface area contributed by atoms with E-state index in [-0.39, 0.29) is 0 Å². The van der Waals surface area contributed by atoms with E-state index in [4.69, 9.17) is 15.2 Å². The van der Waals surface area contributed by atoms with Crippen molar-refractivity contribution in [2.45, 2.75) is 45.2 Å². The Labute approximate surface area is 155 Å². The van der Waals surface area contributed by atoms with E-state index < -0.39 is 12.6 Å². The number of benzene rings is 2. The van der Waals surface area contributed by atoms with Crippen LogP contribution in [-0.2, 0) is 9.47 Å². The molecule has 0 heterocycles. The third-order valence-corrected chi connectivity index (χ3v) is 4.20. The number of rotatable bonds is 10. The minimum Gasteiger partial charge on any atom is -0.399 e. The van der Waals surface area contributed by atoms with Crippen LogP contribution in [0, 0.1) is 0 Å². The average molecular weight is 359 g/mol. The fourth-order valence-electron chi connectivity index (χ4n) is 2.49. The summed E-state index contributed by atoms with van der Waals surface area (Å²) in [5, 5.41) is 20.0. The van der Waals surface area contributed by atoms with Gasteiger partial charge in [-0.1, -0.05) is 50.2 Å². The summed E-state index contributed by atoms with van der Waals surface area (Å²) in [7, 11) is 0. The second-order valence-electron chi connectivity index (χ2n) is 6.64. The predicted molar refractivity (Wildman–Crippen MR) is 102 cm³/mol. The molecule has 0 spiro atoms. The van der Waals surface area contributed by atoms with E-state index in [0.717, 1.165) is 18.4 Å². The van der Waals surface area contributed by atoms with Gasteiger partial charge in [0.25, 0.3) is 0 Å². The molecule has 5 heteroatoms. The lowest BCUT2D eigenvalue weighted by Crippen LogP contribution is -2.08. The van der Waals surface area contributed by atoms with Crippen LogP contribution in [0.2, 0.25) is 0 Å². The Hall–Kier alpha value is -1.92. The van der Waals surface area contributed by atoms with Gasteiger partial charge in [-0.25, -0.2) is 0 Å². The van der Waals surface area contributed by atoms with Crippen molar-refractivity contribution in [1.29, 1.82) is 0 Å². The van der Waals surface area contributed by atoms with Crippen molar-refractivity contribution < 1.29 is 19.7 Å².